The summed E-state index contributed by atoms with van der Waals surface area (Å²) in [4.78, 5) is 29.2. The Kier molecular flexibility index (Phi) is 6.29. The Hall–Kier alpha value is -2.92. The summed E-state index contributed by atoms with van der Waals surface area (Å²) in [6.45, 7) is 3.39. The molecular formula is C25H26N2O2S. The molecule has 1 unspecified atom stereocenters. The van der Waals surface area contributed by atoms with E-state index in [-0.39, 0.29) is 11.8 Å². The van der Waals surface area contributed by atoms with Crippen LogP contribution in [0.4, 0.5) is 0 Å². The average molecular weight is 419 g/mol. The summed E-state index contributed by atoms with van der Waals surface area (Å²) >= 11 is 1.76. The highest BCUT2D eigenvalue weighted by Gasteiger charge is 2.28. The third-order valence-electron chi connectivity index (χ3n) is 5.55. The van der Waals surface area contributed by atoms with Gasteiger partial charge in [-0.15, -0.1) is 11.3 Å². The molecule has 0 spiro atoms. The van der Waals surface area contributed by atoms with Crippen LogP contribution >= 0.6 is 11.3 Å². The van der Waals surface area contributed by atoms with E-state index in [9.17, 15) is 9.59 Å². The minimum Gasteiger partial charge on any atom is -0.340 e. The van der Waals surface area contributed by atoms with Crippen LogP contribution in [0.2, 0.25) is 0 Å². The SMILES string of the molecule is CCCC(NC(=O)c1ccc(-c2ccccc2)cc1)C(=O)N1CCc2sccc2C1. The van der Waals surface area contributed by atoms with Crippen LogP contribution in [0.15, 0.2) is 66.0 Å². The summed E-state index contributed by atoms with van der Waals surface area (Å²) in [5, 5.41) is 5.07. The van der Waals surface area contributed by atoms with Gasteiger partial charge < -0.3 is 10.2 Å². The quantitative estimate of drug-likeness (QED) is 0.619. The van der Waals surface area contributed by atoms with E-state index in [1.165, 1.54) is 10.4 Å². The van der Waals surface area contributed by atoms with Gasteiger partial charge in [0.1, 0.15) is 6.04 Å². The summed E-state index contributed by atoms with van der Waals surface area (Å²) in [5.41, 5.74) is 3.98. The number of fused-ring (bicyclic) bond motifs is 1. The van der Waals surface area contributed by atoms with Gasteiger partial charge in [-0.3, -0.25) is 9.59 Å². The van der Waals surface area contributed by atoms with Crippen LogP contribution < -0.4 is 5.32 Å². The molecule has 5 heteroatoms. The minimum atomic E-state index is -0.489. The van der Waals surface area contributed by atoms with Gasteiger partial charge in [0.15, 0.2) is 0 Å². The largest absolute Gasteiger partial charge is 0.340 e. The Balaban J connectivity index is 1.43. The van der Waals surface area contributed by atoms with Crippen molar-refractivity contribution in [3.8, 4) is 11.1 Å². The molecule has 2 aromatic carbocycles. The smallest absolute Gasteiger partial charge is 0.251 e. The molecule has 0 saturated heterocycles. The van der Waals surface area contributed by atoms with Crippen LogP contribution in [-0.2, 0) is 17.8 Å². The number of rotatable bonds is 6. The number of amides is 2. The van der Waals surface area contributed by atoms with E-state index in [1.54, 1.807) is 11.3 Å². The van der Waals surface area contributed by atoms with Gasteiger partial charge in [0, 0.05) is 23.5 Å². The summed E-state index contributed by atoms with van der Waals surface area (Å²) < 4.78 is 0. The van der Waals surface area contributed by atoms with Gasteiger partial charge in [0.25, 0.3) is 5.91 Å². The second-order valence-corrected chi connectivity index (χ2v) is 8.64. The lowest BCUT2D eigenvalue weighted by Crippen LogP contribution is -2.49. The monoisotopic (exact) mass is 418 g/mol. The Morgan fingerprint density at radius 1 is 1.03 bits per heavy atom. The van der Waals surface area contributed by atoms with E-state index in [0.717, 1.165) is 24.0 Å². The molecule has 0 aliphatic carbocycles. The van der Waals surface area contributed by atoms with Crippen molar-refractivity contribution in [2.24, 2.45) is 0 Å². The molecule has 0 fully saturated rings. The molecular weight excluding hydrogens is 392 g/mol. The van der Waals surface area contributed by atoms with Crippen LogP contribution in [-0.4, -0.2) is 29.3 Å². The van der Waals surface area contributed by atoms with Gasteiger partial charge in [-0.2, -0.15) is 0 Å². The van der Waals surface area contributed by atoms with E-state index < -0.39 is 6.04 Å². The number of benzene rings is 2. The zero-order valence-corrected chi connectivity index (χ0v) is 18.0. The van der Waals surface area contributed by atoms with Crippen molar-refractivity contribution >= 4 is 23.2 Å². The molecule has 0 radical (unpaired) electrons. The minimum absolute atomic E-state index is 0.0166. The maximum atomic E-state index is 13.1. The van der Waals surface area contributed by atoms with E-state index in [2.05, 4.69) is 16.8 Å². The van der Waals surface area contributed by atoms with Gasteiger partial charge in [0.2, 0.25) is 5.91 Å². The van der Waals surface area contributed by atoms with Crippen molar-refractivity contribution in [3.05, 3.63) is 82.0 Å². The highest BCUT2D eigenvalue weighted by atomic mass is 32.1. The second kappa shape index (κ2) is 9.26. The first-order valence-corrected chi connectivity index (χ1v) is 11.3. The second-order valence-electron chi connectivity index (χ2n) is 7.64. The Morgan fingerprint density at radius 2 is 1.77 bits per heavy atom. The van der Waals surface area contributed by atoms with Gasteiger partial charge in [-0.1, -0.05) is 55.8 Å². The molecule has 4 rings (SSSR count). The molecule has 4 nitrogen and oxygen atoms in total. The summed E-state index contributed by atoms with van der Waals surface area (Å²) in [7, 11) is 0. The standard InChI is InChI=1S/C25H26N2O2S/c1-2-6-22(25(29)27-15-13-23-21(17-27)14-16-30-23)26-24(28)20-11-9-19(10-12-20)18-7-4-3-5-8-18/h3-5,7-12,14,16,22H,2,6,13,15,17H2,1H3,(H,26,28). The fourth-order valence-electron chi connectivity index (χ4n) is 3.89. The first-order valence-electron chi connectivity index (χ1n) is 10.5. The Bertz CT molecular complexity index is 1010. The third kappa shape index (κ3) is 4.46. The van der Waals surface area contributed by atoms with Crippen molar-refractivity contribution in [2.45, 2.75) is 38.8 Å². The molecule has 1 aliphatic rings. The van der Waals surface area contributed by atoms with E-state index in [0.29, 0.717) is 25.1 Å². The zero-order chi connectivity index (χ0) is 20.9. The summed E-state index contributed by atoms with van der Waals surface area (Å²) in [6.07, 6.45) is 2.37. The summed E-state index contributed by atoms with van der Waals surface area (Å²) in [6, 6.07) is 19.2. The number of thiophene rings is 1. The van der Waals surface area contributed by atoms with Crippen LogP contribution in [0.5, 0.6) is 0 Å². The lowest BCUT2D eigenvalue weighted by atomic mass is 10.0. The molecule has 154 valence electrons. The lowest BCUT2D eigenvalue weighted by Gasteiger charge is -2.31. The Labute approximate surface area is 181 Å². The molecule has 2 heterocycles. The number of hydrogen-bond donors (Lipinski definition) is 1. The van der Waals surface area contributed by atoms with Crippen molar-refractivity contribution in [1.29, 1.82) is 0 Å². The first kappa shape index (κ1) is 20.4. The Morgan fingerprint density at radius 3 is 2.50 bits per heavy atom. The van der Waals surface area contributed by atoms with Crippen LogP contribution in [0, 0.1) is 0 Å². The highest BCUT2D eigenvalue weighted by molar-refractivity contribution is 7.10. The van der Waals surface area contributed by atoms with Gasteiger partial charge in [-0.25, -0.2) is 0 Å². The molecule has 2 amide bonds. The van der Waals surface area contributed by atoms with Crippen molar-refractivity contribution in [1.82, 2.24) is 10.2 Å². The molecule has 3 aromatic rings. The van der Waals surface area contributed by atoms with Crippen LogP contribution in [0.25, 0.3) is 11.1 Å². The number of nitrogens with one attached hydrogen (secondary N) is 1. The molecule has 1 atom stereocenters. The van der Waals surface area contributed by atoms with Crippen LogP contribution in [0.3, 0.4) is 0 Å². The van der Waals surface area contributed by atoms with E-state index in [4.69, 9.17) is 0 Å². The van der Waals surface area contributed by atoms with Crippen molar-refractivity contribution in [3.63, 3.8) is 0 Å². The molecule has 30 heavy (non-hydrogen) atoms. The summed E-state index contributed by atoms with van der Waals surface area (Å²) in [5.74, 6) is -0.183. The third-order valence-corrected chi connectivity index (χ3v) is 6.58. The number of hydrogen-bond acceptors (Lipinski definition) is 3. The zero-order valence-electron chi connectivity index (χ0n) is 17.1. The predicted octanol–water partition coefficient (Wildman–Crippen LogP) is 4.90. The molecule has 1 aliphatic heterocycles. The van der Waals surface area contributed by atoms with E-state index in [1.807, 2.05) is 66.4 Å². The number of nitrogens with zero attached hydrogens (tertiary/aromatic N) is 1. The van der Waals surface area contributed by atoms with Gasteiger partial charge >= 0.3 is 0 Å². The fraction of sp³-hybridized carbons (Fsp3) is 0.280. The average Bonchev–Trinajstić information content (AvgIpc) is 3.27. The van der Waals surface area contributed by atoms with Crippen molar-refractivity contribution in [2.75, 3.05) is 6.54 Å². The number of carbonyl (C=O) groups is 2. The number of carbonyl (C=O) groups excluding carboxylic acids is 2. The maximum absolute atomic E-state index is 13.1. The van der Waals surface area contributed by atoms with Crippen LogP contribution in [0.1, 0.15) is 40.6 Å². The lowest BCUT2D eigenvalue weighted by molar-refractivity contribution is -0.134. The normalized spacial score (nSPS) is 14.1. The highest BCUT2D eigenvalue weighted by Crippen LogP contribution is 2.25. The van der Waals surface area contributed by atoms with Crippen molar-refractivity contribution < 1.29 is 9.59 Å². The molecule has 0 bridgehead atoms. The molecule has 1 aromatic heterocycles. The molecule has 0 saturated carbocycles. The predicted molar refractivity (Wildman–Crippen MR) is 121 cm³/mol. The first-order chi connectivity index (χ1) is 14.7. The fourth-order valence-corrected chi connectivity index (χ4v) is 4.78. The topological polar surface area (TPSA) is 49.4 Å². The maximum Gasteiger partial charge on any atom is 0.251 e. The van der Waals surface area contributed by atoms with E-state index >= 15 is 0 Å². The molecule has 1 N–H and O–H groups in total. The van der Waals surface area contributed by atoms with Gasteiger partial charge in [0.05, 0.1) is 0 Å². The van der Waals surface area contributed by atoms with Gasteiger partial charge in [-0.05, 0) is 53.1 Å².